The zero-order valence-electron chi connectivity index (χ0n) is 34.6. The first-order chi connectivity index (χ1) is 30.6. The van der Waals surface area contributed by atoms with Crippen LogP contribution >= 0.6 is 0 Å². The van der Waals surface area contributed by atoms with Gasteiger partial charge in [0.15, 0.2) is 0 Å². The summed E-state index contributed by atoms with van der Waals surface area (Å²) in [7, 11) is 0. The fourth-order valence-corrected chi connectivity index (χ4v) is 10.8. The summed E-state index contributed by atoms with van der Waals surface area (Å²) in [6, 6.07) is 73.9. The summed E-state index contributed by atoms with van der Waals surface area (Å²) in [5, 5.41) is 2.46. The maximum absolute atomic E-state index is 2.53. The number of para-hydroxylation sites is 4. The van der Waals surface area contributed by atoms with Gasteiger partial charge in [-0.2, -0.15) is 0 Å². The van der Waals surface area contributed by atoms with Crippen molar-refractivity contribution in [3.8, 4) is 5.69 Å². The summed E-state index contributed by atoms with van der Waals surface area (Å²) in [6.07, 6.45) is 1.03. The highest BCUT2D eigenvalue weighted by molar-refractivity contribution is 7.00. The van der Waals surface area contributed by atoms with Crippen LogP contribution in [0.1, 0.15) is 22.3 Å². The predicted octanol–water partition coefficient (Wildman–Crippen LogP) is 12.9. The van der Waals surface area contributed by atoms with Crippen LogP contribution in [0.15, 0.2) is 200 Å². The van der Waals surface area contributed by atoms with Crippen LogP contribution in [-0.2, 0) is 6.42 Å². The normalized spacial score (nSPS) is 13.2. The second-order valence-electron chi connectivity index (χ2n) is 17.0. The standard InChI is InChI=1S/C57H41BN4/c1-37-25-27-43(28-26-37)62-53-24-14-23-52-57(53)58(56-47-33-39(38(47)2)34-55(56)62)49-31-29-45(36-54(49)61(52)42-19-10-5-11-20-42)59(40-15-6-3-7-16-40)44-30-32-51-48(35-44)46-21-12-13-22-50(46)60(51)41-17-8-4-9-18-41/h3-32,34-36H,33H2,1-2H3. The summed E-state index contributed by atoms with van der Waals surface area (Å²) in [6.45, 7) is 4.57. The Kier molecular flexibility index (Phi) is 7.56. The van der Waals surface area contributed by atoms with Gasteiger partial charge in [0.25, 0.3) is 6.71 Å². The minimum atomic E-state index is 0.0793. The molecule has 9 aromatic carbocycles. The molecular formula is C57H41BN4. The van der Waals surface area contributed by atoms with E-state index in [2.05, 4.69) is 233 Å². The van der Waals surface area contributed by atoms with Gasteiger partial charge in [-0.25, -0.2) is 0 Å². The third-order valence-electron chi connectivity index (χ3n) is 13.6. The van der Waals surface area contributed by atoms with Crippen molar-refractivity contribution >= 4 is 96.1 Å². The number of aryl methyl sites for hydroxylation is 2. The monoisotopic (exact) mass is 792 g/mol. The van der Waals surface area contributed by atoms with Gasteiger partial charge in [0.05, 0.1) is 11.0 Å². The van der Waals surface area contributed by atoms with Crippen LogP contribution in [0.25, 0.3) is 27.5 Å². The van der Waals surface area contributed by atoms with Crippen molar-refractivity contribution in [2.24, 2.45) is 0 Å². The number of hydrogen-bond acceptors (Lipinski definition) is 3. The molecule has 1 aromatic heterocycles. The number of nitrogens with zero attached hydrogens (tertiary/aromatic N) is 4. The molecule has 5 heteroatoms. The molecule has 4 nitrogen and oxygen atoms in total. The van der Waals surface area contributed by atoms with E-state index in [1.165, 1.54) is 88.9 Å². The van der Waals surface area contributed by atoms with Gasteiger partial charge in [-0.3, -0.25) is 0 Å². The largest absolute Gasteiger partial charge is 0.311 e. The zero-order valence-corrected chi connectivity index (χ0v) is 34.6. The van der Waals surface area contributed by atoms with Crippen molar-refractivity contribution in [2.75, 3.05) is 14.7 Å². The van der Waals surface area contributed by atoms with E-state index in [0.29, 0.717) is 0 Å². The van der Waals surface area contributed by atoms with E-state index in [-0.39, 0.29) is 6.71 Å². The number of hydrogen-bond donors (Lipinski definition) is 0. The number of benzene rings is 9. The van der Waals surface area contributed by atoms with Gasteiger partial charge in [-0.05, 0) is 156 Å². The molecule has 62 heavy (non-hydrogen) atoms. The zero-order chi connectivity index (χ0) is 41.1. The molecule has 0 N–H and O–H groups in total. The SMILES string of the molecule is Cc1ccc(N2c3cccc4c3B(c3ccc(N(c5ccccc5)c5ccc6c(c5)c5ccccc5n6-c5ccccc5)cc3N4c3ccccc3)c3c2cc2c(C)c3C2)cc1. The second kappa shape index (κ2) is 13.4. The molecule has 3 heterocycles. The minimum absolute atomic E-state index is 0.0793. The molecule has 14 rings (SSSR count). The Bertz CT molecular complexity index is 3410. The van der Waals surface area contributed by atoms with E-state index >= 15 is 0 Å². The lowest BCUT2D eigenvalue weighted by Gasteiger charge is -2.46. The lowest BCUT2D eigenvalue weighted by atomic mass is 9.32. The number of rotatable bonds is 6. The lowest BCUT2D eigenvalue weighted by molar-refractivity contribution is 1.03. The highest BCUT2D eigenvalue weighted by Crippen LogP contribution is 2.48. The Labute approximate surface area is 362 Å². The smallest absolute Gasteiger partial charge is 0.252 e. The molecule has 10 aromatic rings. The number of anilines is 9. The van der Waals surface area contributed by atoms with Crippen molar-refractivity contribution in [3.05, 3.63) is 222 Å². The van der Waals surface area contributed by atoms with E-state index < -0.39 is 0 Å². The van der Waals surface area contributed by atoms with Gasteiger partial charge in [0, 0.05) is 67.6 Å². The van der Waals surface area contributed by atoms with Crippen LogP contribution < -0.4 is 31.1 Å². The third-order valence-corrected chi connectivity index (χ3v) is 13.6. The van der Waals surface area contributed by atoms with E-state index in [9.17, 15) is 0 Å². The average molecular weight is 793 g/mol. The molecule has 2 aliphatic carbocycles. The number of aromatic nitrogens is 1. The first kappa shape index (κ1) is 35.0. The van der Waals surface area contributed by atoms with Crippen LogP contribution in [0.5, 0.6) is 0 Å². The van der Waals surface area contributed by atoms with Crippen molar-refractivity contribution < 1.29 is 0 Å². The summed E-state index contributed by atoms with van der Waals surface area (Å²) in [4.78, 5) is 7.47. The lowest BCUT2D eigenvalue weighted by Crippen LogP contribution is -2.63. The molecule has 292 valence electrons. The van der Waals surface area contributed by atoms with Gasteiger partial charge in [0.1, 0.15) is 0 Å². The molecule has 0 unspecified atom stereocenters. The molecule has 0 spiro atoms. The fourth-order valence-electron chi connectivity index (χ4n) is 10.8. The van der Waals surface area contributed by atoms with Gasteiger partial charge < -0.3 is 19.3 Å². The Hall–Kier alpha value is -7.76. The van der Waals surface area contributed by atoms with E-state index in [1.54, 1.807) is 0 Å². The Balaban J connectivity index is 1.05. The van der Waals surface area contributed by atoms with Crippen molar-refractivity contribution in [2.45, 2.75) is 20.3 Å². The van der Waals surface area contributed by atoms with Crippen LogP contribution in [-0.4, -0.2) is 11.3 Å². The highest BCUT2D eigenvalue weighted by atomic mass is 15.2. The minimum Gasteiger partial charge on any atom is -0.311 e. The first-order valence-corrected chi connectivity index (χ1v) is 21.7. The molecule has 2 bridgehead atoms. The molecule has 0 radical (unpaired) electrons. The predicted molar refractivity (Wildman–Crippen MR) is 262 cm³/mol. The van der Waals surface area contributed by atoms with Gasteiger partial charge in [0.2, 0.25) is 0 Å². The van der Waals surface area contributed by atoms with Crippen molar-refractivity contribution in [1.29, 1.82) is 0 Å². The van der Waals surface area contributed by atoms with E-state index in [0.717, 1.165) is 34.9 Å². The first-order valence-electron chi connectivity index (χ1n) is 21.7. The highest BCUT2D eigenvalue weighted by Gasteiger charge is 2.46. The summed E-state index contributed by atoms with van der Waals surface area (Å²) in [5.41, 5.74) is 24.0. The van der Waals surface area contributed by atoms with Crippen LogP contribution in [0.3, 0.4) is 0 Å². The number of fused-ring (bicyclic) bond motifs is 5. The second-order valence-corrected chi connectivity index (χ2v) is 17.0. The molecule has 0 amide bonds. The molecule has 0 saturated carbocycles. The molecule has 2 aliphatic heterocycles. The average Bonchev–Trinajstić information content (AvgIpc) is 3.66. The summed E-state index contributed by atoms with van der Waals surface area (Å²) >= 11 is 0. The topological polar surface area (TPSA) is 14.7 Å². The van der Waals surface area contributed by atoms with E-state index in [4.69, 9.17) is 0 Å². The van der Waals surface area contributed by atoms with E-state index in [1.807, 2.05) is 0 Å². The quantitative estimate of drug-likeness (QED) is 0.156. The molecular weight excluding hydrogens is 751 g/mol. The van der Waals surface area contributed by atoms with Crippen LogP contribution in [0.2, 0.25) is 0 Å². The maximum atomic E-state index is 2.53. The van der Waals surface area contributed by atoms with Gasteiger partial charge in [-0.15, -0.1) is 0 Å². The molecule has 0 atom stereocenters. The third kappa shape index (κ3) is 5.02. The van der Waals surface area contributed by atoms with Crippen molar-refractivity contribution in [3.63, 3.8) is 0 Å². The van der Waals surface area contributed by atoms with Gasteiger partial charge in [-0.1, -0.05) is 103 Å². The molecule has 4 aliphatic rings. The Morgan fingerprint density at radius 2 is 1.05 bits per heavy atom. The summed E-state index contributed by atoms with van der Waals surface area (Å²) < 4.78 is 2.39. The van der Waals surface area contributed by atoms with Crippen LogP contribution in [0.4, 0.5) is 51.2 Å². The Morgan fingerprint density at radius 1 is 0.435 bits per heavy atom. The fraction of sp³-hybridized carbons (Fsp3) is 0.0526. The Morgan fingerprint density at radius 3 is 1.79 bits per heavy atom. The summed E-state index contributed by atoms with van der Waals surface area (Å²) in [5.74, 6) is 0. The van der Waals surface area contributed by atoms with Crippen molar-refractivity contribution in [1.82, 2.24) is 4.57 Å². The maximum Gasteiger partial charge on any atom is 0.252 e. The van der Waals surface area contributed by atoms with Gasteiger partial charge >= 0.3 is 0 Å². The molecule has 0 saturated heterocycles. The van der Waals surface area contributed by atoms with Crippen LogP contribution in [0, 0.1) is 13.8 Å². The molecule has 0 fully saturated rings.